The van der Waals surface area contributed by atoms with Crippen molar-refractivity contribution < 1.29 is 0 Å². The maximum atomic E-state index is 6.16. The minimum Gasteiger partial charge on any atom is -0.293 e. The lowest BCUT2D eigenvalue weighted by atomic mass is 10.1. The molecule has 0 spiro atoms. The largest absolute Gasteiger partial charge is 0.317 e. The van der Waals surface area contributed by atoms with Gasteiger partial charge in [-0.05, 0) is 33.9 Å². The van der Waals surface area contributed by atoms with Crippen molar-refractivity contribution >= 4 is 58.0 Å². The predicted octanol–water partition coefficient (Wildman–Crippen LogP) is 4.18. The molecule has 0 aliphatic carbocycles. The number of hydrogen-bond acceptors (Lipinski definition) is 1. The molecule has 1 nitrogen and oxygen atoms in total. The molecule has 0 amide bonds. The molecule has 0 radical (unpaired) electrons. The monoisotopic (exact) mass is 297 g/mol. The Morgan fingerprint density at radius 3 is 1.08 bits per heavy atom. The smallest absolute Gasteiger partial charge is 0.293 e. The summed E-state index contributed by atoms with van der Waals surface area (Å²) in [6.07, 6.45) is 0. The molecule has 0 saturated carbocycles. The topological polar surface area (TPSA) is 3.24 Å². The van der Waals surface area contributed by atoms with Crippen molar-refractivity contribution in [2.75, 3.05) is 0 Å². The Morgan fingerprint density at radius 2 is 1.08 bits per heavy atom. The van der Waals surface area contributed by atoms with E-state index in [-0.39, 0.29) is 5.54 Å². The quantitative estimate of drug-likeness (QED) is 0.546. The molecular formula is C6H15Cl4NSi2. The zero-order valence-corrected chi connectivity index (χ0v) is 13.5. The molecule has 0 aliphatic heterocycles. The fourth-order valence-corrected chi connectivity index (χ4v) is 17.3. The van der Waals surface area contributed by atoms with Gasteiger partial charge in [-0.1, -0.05) is 0 Å². The van der Waals surface area contributed by atoms with Gasteiger partial charge in [-0.25, -0.2) is 0 Å². The molecule has 0 aromatic rings. The van der Waals surface area contributed by atoms with Crippen LogP contribution in [0.4, 0.5) is 0 Å². The molecule has 80 valence electrons. The predicted molar refractivity (Wildman–Crippen MR) is 68.2 cm³/mol. The summed E-state index contributed by atoms with van der Waals surface area (Å²) in [5.74, 6) is 0. The van der Waals surface area contributed by atoms with Gasteiger partial charge in [-0.15, -0.1) is 44.3 Å². The van der Waals surface area contributed by atoms with Crippen LogP contribution in [-0.2, 0) is 0 Å². The third-order valence-corrected chi connectivity index (χ3v) is 10.8. The molecule has 0 heterocycles. The van der Waals surface area contributed by atoms with E-state index >= 15 is 0 Å². The van der Waals surface area contributed by atoms with Gasteiger partial charge in [0.15, 0.2) is 0 Å². The SMILES string of the molecule is CC(C)(C)N([Si](C)(Cl)Cl)[Si](C)(Cl)Cl. The van der Waals surface area contributed by atoms with Crippen LogP contribution in [0.5, 0.6) is 0 Å². The Labute approximate surface area is 101 Å². The van der Waals surface area contributed by atoms with Gasteiger partial charge in [0.25, 0.3) is 0 Å². The van der Waals surface area contributed by atoms with E-state index in [1.54, 1.807) is 0 Å². The highest BCUT2D eigenvalue weighted by molar-refractivity contribution is 7.53. The van der Waals surface area contributed by atoms with Gasteiger partial charge in [-0.3, -0.25) is 4.23 Å². The Morgan fingerprint density at radius 1 is 0.846 bits per heavy atom. The summed E-state index contributed by atoms with van der Waals surface area (Å²) < 4.78 is 1.90. The van der Waals surface area contributed by atoms with Crippen LogP contribution in [0.2, 0.25) is 13.1 Å². The third kappa shape index (κ3) is 4.73. The van der Waals surface area contributed by atoms with Crippen LogP contribution >= 0.6 is 44.3 Å². The van der Waals surface area contributed by atoms with Crippen molar-refractivity contribution in [2.45, 2.75) is 39.4 Å². The van der Waals surface area contributed by atoms with Crippen molar-refractivity contribution in [1.29, 1.82) is 0 Å². The molecular weight excluding hydrogens is 284 g/mol. The molecule has 0 atom stereocenters. The molecule has 0 aliphatic rings. The van der Waals surface area contributed by atoms with Crippen molar-refractivity contribution in [2.24, 2.45) is 0 Å². The van der Waals surface area contributed by atoms with E-state index in [2.05, 4.69) is 0 Å². The van der Waals surface area contributed by atoms with Gasteiger partial charge >= 0.3 is 13.7 Å². The summed E-state index contributed by atoms with van der Waals surface area (Å²) in [4.78, 5) is 0. The van der Waals surface area contributed by atoms with Crippen LogP contribution in [0.1, 0.15) is 20.8 Å². The summed E-state index contributed by atoms with van der Waals surface area (Å²) in [6, 6.07) is 0. The van der Waals surface area contributed by atoms with E-state index in [0.29, 0.717) is 0 Å². The summed E-state index contributed by atoms with van der Waals surface area (Å²) in [5, 5.41) is 0. The van der Waals surface area contributed by atoms with Gasteiger partial charge < -0.3 is 0 Å². The van der Waals surface area contributed by atoms with Crippen LogP contribution in [0.15, 0.2) is 0 Å². The molecule has 13 heavy (non-hydrogen) atoms. The minimum absolute atomic E-state index is 0.186. The average molecular weight is 299 g/mol. The Hall–Kier alpha value is 1.55. The number of rotatable bonds is 2. The highest BCUT2D eigenvalue weighted by Crippen LogP contribution is 2.37. The zero-order chi connectivity index (χ0) is 11.1. The molecule has 7 heteroatoms. The van der Waals surface area contributed by atoms with E-state index in [9.17, 15) is 0 Å². The third-order valence-electron chi connectivity index (χ3n) is 1.46. The van der Waals surface area contributed by atoms with Crippen LogP contribution in [0, 0.1) is 0 Å². The first-order valence-electron chi connectivity index (χ1n) is 3.93. The van der Waals surface area contributed by atoms with E-state index in [1.807, 2.05) is 38.1 Å². The highest BCUT2D eigenvalue weighted by Gasteiger charge is 2.49. The van der Waals surface area contributed by atoms with E-state index in [4.69, 9.17) is 44.3 Å². The van der Waals surface area contributed by atoms with Crippen LogP contribution in [0.25, 0.3) is 0 Å². The number of halogens is 4. The number of hydrogen-bond donors (Lipinski definition) is 0. The van der Waals surface area contributed by atoms with Crippen molar-refractivity contribution in [3.8, 4) is 0 Å². The Balaban J connectivity index is 5.02. The fourth-order valence-electron chi connectivity index (χ4n) is 1.52. The second-order valence-corrected chi connectivity index (χ2v) is 18.9. The molecule has 0 fully saturated rings. The summed E-state index contributed by atoms with van der Waals surface area (Å²) in [6.45, 7) is 4.71. The molecule has 0 bridgehead atoms. The molecule has 0 saturated heterocycles. The molecule has 0 aromatic heterocycles. The maximum Gasteiger partial charge on any atom is 0.317 e. The molecule has 0 N–H and O–H groups in total. The lowest BCUT2D eigenvalue weighted by molar-refractivity contribution is 0.367. The van der Waals surface area contributed by atoms with Gasteiger partial charge in [0.2, 0.25) is 0 Å². The first-order valence-corrected chi connectivity index (χ1v) is 12.9. The van der Waals surface area contributed by atoms with Crippen LogP contribution in [-0.4, -0.2) is 23.5 Å². The number of nitrogens with zero attached hydrogens (tertiary/aromatic N) is 1. The fraction of sp³-hybridized carbons (Fsp3) is 1.00. The lowest BCUT2D eigenvalue weighted by Crippen LogP contribution is -2.62. The second-order valence-electron chi connectivity index (χ2n) is 4.19. The van der Waals surface area contributed by atoms with E-state index < -0.39 is 13.7 Å². The lowest BCUT2D eigenvalue weighted by Gasteiger charge is -2.45. The van der Waals surface area contributed by atoms with Crippen molar-refractivity contribution in [3.63, 3.8) is 0 Å². The van der Waals surface area contributed by atoms with Gasteiger partial charge in [0.05, 0.1) is 0 Å². The van der Waals surface area contributed by atoms with Crippen LogP contribution in [0.3, 0.4) is 0 Å². The van der Waals surface area contributed by atoms with E-state index in [1.165, 1.54) is 0 Å². The summed E-state index contributed by atoms with van der Waals surface area (Å²) in [7, 11) is 0. The molecule has 0 rings (SSSR count). The molecule has 0 aromatic carbocycles. The average Bonchev–Trinajstić information content (AvgIpc) is 1.44. The molecule has 0 unspecified atom stereocenters. The van der Waals surface area contributed by atoms with Crippen molar-refractivity contribution in [3.05, 3.63) is 0 Å². The summed E-state index contributed by atoms with van der Waals surface area (Å²) >= 11 is 24.7. The minimum atomic E-state index is -2.48. The van der Waals surface area contributed by atoms with E-state index in [0.717, 1.165) is 0 Å². The normalized spacial score (nSPS) is 15.2. The second kappa shape index (κ2) is 4.20. The van der Waals surface area contributed by atoms with Gasteiger partial charge in [0.1, 0.15) is 0 Å². The highest BCUT2D eigenvalue weighted by atomic mass is 35.7. The summed E-state index contributed by atoms with van der Waals surface area (Å²) in [5.41, 5.74) is -0.186. The first-order chi connectivity index (χ1) is 5.37. The van der Waals surface area contributed by atoms with Crippen LogP contribution < -0.4 is 0 Å². The zero-order valence-electron chi connectivity index (χ0n) is 8.46. The Kier molecular flexibility index (Phi) is 4.70. The standard InChI is InChI=1S/C6H15Cl4NSi2/c1-6(2,3)11(12(4,7)8)13(5,9)10/h1-5H3. The Bertz CT molecular complexity index is 145. The van der Waals surface area contributed by atoms with Gasteiger partial charge in [-0.2, -0.15) is 0 Å². The van der Waals surface area contributed by atoms with Gasteiger partial charge in [0, 0.05) is 5.54 Å². The van der Waals surface area contributed by atoms with Crippen molar-refractivity contribution in [1.82, 2.24) is 4.23 Å². The maximum absolute atomic E-state index is 6.16. The first kappa shape index (κ1) is 14.6.